The molecule has 0 saturated heterocycles. The molecule has 3 aromatic rings. The van der Waals surface area contributed by atoms with Gasteiger partial charge in [0.2, 0.25) is 5.95 Å². The molecule has 0 amide bonds. The lowest BCUT2D eigenvalue weighted by molar-refractivity contribution is 0.183. The summed E-state index contributed by atoms with van der Waals surface area (Å²) in [5.41, 5.74) is 9.32. The molecule has 0 unspecified atom stereocenters. The number of nitrogens with one attached hydrogen (secondary N) is 2. The second-order valence-corrected chi connectivity index (χ2v) is 6.07. The summed E-state index contributed by atoms with van der Waals surface area (Å²) in [6.45, 7) is 3.13. The van der Waals surface area contributed by atoms with E-state index in [0.717, 1.165) is 16.9 Å². The van der Waals surface area contributed by atoms with Crippen molar-refractivity contribution < 1.29 is 4.74 Å². The third kappa shape index (κ3) is 3.89. The third-order valence-corrected chi connectivity index (χ3v) is 4.15. The van der Waals surface area contributed by atoms with Crippen LogP contribution in [0.4, 0.5) is 17.5 Å². The van der Waals surface area contributed by atoms with Crippen LogP contribution >= 0.6 is 0 Å². The van der Waals surface area contributed by atoms with E-state index in [1.54, 1.807) is 13.3 Å². The van der Waals surface area contributed by atoms with Crippen LogP contribution < -0.4 is 16.4 Å². The van der Waals surface area contributed by atoms with E-state index in [1.807, 2.05) is 18.2 Å². The van der Waals surface area contributed by atoms with Crippen molar-refractivity contribution in [3.63, 3.8) is 0 Å². The molecule has 0 fully saturated rings. The molecule has 0 aliphatic carbocycles. The van der Waals surface area contributed by atoms with E-state index in [1.165, 1.54) is 11.2 Å². The van der Waals surface area contributed by atoms with Crippen LogP contribution in [0.3, 0.4) is 0 Å². The van der Waals surface area contributed by atoms with Gasteiger partial charge in [0.25, 0.3) is 0 Å². The largest absolute Gasteiger partial charge is 0.383 e. The highest BCUT2D eigenvalue weighted by Gasteiger charge is 2.08. The first-order valence-electron chi connectivity index (χ1n) is 8.22. The van der Waals surface area contributed by atoms with E-state index in [4.69, 9.17) is 10.5 Å². The molecule has 0 spiro atoms. The van der Waals surface area contributed by atoms with Crippen LogP contribution in [0, 0.1) is 6.92 Å². The topological polar surface area (TPSA) is 90.0 Å². The van der Waals surface area contributed by atoms with Crippen LogP contribution in [-0.4, -0.2) is 40.8 Å². The van der Waals surface area contributed by atoms with Crippen LogP contribution in [0.25, 0.3) is 10.9 Å². The molecule has 0 radical (unpaired) electrons. The van der Waals surface area contributed by atoms with Gasteiger partial charge in [-0.1, -0.05) is 6.07 Å². The molecule has 0 aliphatic rings. The van der Waals surface area contributed by atoms with Gasteiger partial charge in [-0.05, 0) is 31.2 Å². The fourth-order valence-corrected chi connectivity index (χ4v) is 2.75. The zero-order valence-corrected chi connectivity index (χ0v) is 14.8. The molecule has 7 heteroatoms. The summed E-state index contributed by atoms with van der Waals surface area (Å²) in [5.74, 6) is 1.26. The molecule has 0 saturated carbocycles. The standard InChI is InChI=1S/C18H24N6O/c1-12-9-14-15(5-4-6-16(14)24(12)2)22-17-7-8-20-18(23-17)21-10-13(19)11-25-3/h4-9,13H,10-11,19H2,1-3H3,(H2,20,21,22,23)/t13-/m1/s1. The van der Waals surface area contributed by atoms with E-state index in [-0.39, 0.29) is 6.04 Å². The molecule has 7 nitrogen and oxygen atoms in total. The average Bonchev–Trinajstić information content (AvgIpc) is 2.90. The Morgan fingerprint density at radius 3 is 2.96 bits per heavy atom. The van der Waals surface area contributed by atoms with Crippen molar-refractivity contribution in [1.82, 2.24) is 14.5 Å². The van der Waals surface area contributed by atoms with Crippen LogP contribution in [0.1, 0.15) is 5.69 Å². The molecule has 132 valence electrons. The van der Waals surface area contributed by atoms with E-state index in [0.29, 0.717) is 19.1 Å². The molecule has 3 rings (SSSR count). The van der Waals surface area contributed by atoms with E-state index >= 15 is 0 Å². The van der Waals surface area contributed by atoms with E-state index in [9.17, 15) is 0 Å². The summed E-state index contributed by atoms with van der Waals surface area (Å²) in [6, 6.07) is 10.1. The van der Waals surface area contributed by atoms with Crippen molar-refractivity contribution in [1.29, 1.82) is 0 Å². The molecule has 4 N–H and O–H groups in total. The Balaban J connectivity index is 1.77. The minimum Gasteiger partial charge on any atom is -0.383 e. The fourth-order valence-electron chi connectivity index (χ4n) is 2.75. The Morgan fingerprint density at radius 2 is 2.16 bits per heavy atom. The van der Waals surface area contributed by atoms with Gasteiger partial charge >= 0.3 is 0 Å². The van der Waals surface area contributed by atoms with Crippen LogP contribution in [0.5, 0.6) is 0 Å². The monoisotopic (exact) mass is 340 g/mol. The lowest BCUT2D eigenvalue weighted by atomic mass is 10.2. The summed E-state index contributed by atoms with van der Waals surface area (Å²) in [5, 5.41) is 7.68. The van der Waals surface area contributed by atoms with Gasteiger partial charge in [0.1, 0.15) is 5.82 Å². The van der Waals surface area contributed by atoms with Gasteiger partial charge in [0.05, 0.1) is 12.1 Å². The highest BCUT2D eigenvalue weighted by Crippen LogP contribution is 2.28. The third-order valence-electron chi connectivity index (χ3n) is 4.15. The van der Waals surface area contributed by atoms with Gasteiger partial charge < -0.3 is 25.7 Å². The van der Waals surface area contributed by atoms with Crippen LogP contribution in [0.15, 0.2) is 36.5 Å². The van der Waals surface area contributed by atoms with Gasteiger partial charge in [-0.25, -0.2) is 4.98 Å². The Kier molecular flexibility index (Phi) is 5.16. The number of benzene rings is 1. The molecular formula is C18H24N6O. The molecule has 0 bridgehead atoms. The maximum Gasteiger partial charge on any atom is 0.224 e. The first-order chi connectivity index (χ1) is 12.1. The Labute approximate surface area is 147 Å². The summed E-state index contributed by atoms with van der Waals surface area (Å²) >= 11 is 0. The van der Waals surface area contributed by atoms with Crippen molar-refractivity contribution in [3.8, 4) is 0 Å². The van der Waals surface area contributed by atoms with Gasteiger partial charge in [-0.2, -0.15) is 4.98 Å². The minimum atomic E-state index is -0.105. The Bertz CT molecular complexity index is 860. The maximum absolute atomic E-state index is 5.91. The number of methoxy groups -OCH3 is 1. The number of nitrogens with two attached hydrogens (primary N) is 1. The zero-order valence-electron chi connectivity index (χ0n) is 14.8. The highest BCUT2D eigenvalue weighted by atomic mass is 16.5. The first-order valence-corrected chi connectivity index (χ1v) is 8.22. The van der Waals surface area contributed by atoms with Gasteiger partial charge in [0.15, 0.2) is 0 Å². The number of hydrogen-bond acceptors (Lipinski definition) is 6. The molecule has 25 heavy (non-hydrogen) atoms. The molecular weight excluding hydrogens is 316 g/mol. The summed E-state index contributed by atoms with van der Waals surface area (Å²) in [6.07, 6.45) is 1.72. The van der Waals surface area contributed by atoms with E-state index in [2.05, 4.69) is 51.3 Å². The zero-order chi connectivity index (χ0) is 17.8. The van der Waals surface area contributed by atoms with E-state index < -0.39 is 0 Å². The molecule has 1 aromatic carbocycles. The minimum absolute atomic E-state index is 0.105. The number of aromatic nitrogens is 3. The van der Waals surface area contributed by atoms with Gasteiger partial charge in [-0.15, -0.1) is 0 Å². The number of anilines is 3. The summed E-state index contributed by atoms with van der Waals surface area (Å²) in [4.78, 5) is 8.73. The predicted octanol–water partition coefficient (Wildman–Crippen LogP) is 2.41. The van der Waals surface area contributed by atoms with Crippen molar-refractivity contribution in [2.75, 3.05) is 30.9 Å². The highest BCUT2D eigenvalue weighted by molar-refractivity contribution is 5.94. The number of ether oxygens (including phenoxy) is 1. The maximum atomic E-state index is 5.91. The van der Waals surface area contributed by atoms with Crippen molar-refractivity contribution in [2.45, 2.75) is 13.0 Å². The lowest BCUT2D eigenvalue weighted by Gasteiger charge is -2.12. The van der Waals surface area contributed by atoms with Gasteiger partial charge in [-0.3, -0.25) is 0 Å². The normalized spacial score (nSPS) is 12.3. The molecule has 1 atom stereocenters. The van der Waals surface area contributed by atoms with Gasteiger partial charge in [0, 0.05) is 49.7 Å². The van der Waals surface area contributed by atoms with Crippen LogP contribution in [0.2, 0.25) is 0 Å². The van der Waals surface area contributed by atoms with Crippen molar-refractivity contribution >= 4 is 28.4 Å². The fraction of sp³-hybridized carbons (Fsp3) is 0.333. The SMILES string of the molecule is COC[C@H](N)CNc1nccc(Nc2cccc3c2cc(C)n3C)n1. The second kappa shape index (κ2) is 7.50. The van der Waals surface area contributed by atoms with Crippen molar-refractivity contribution in [2.24, 2.45) is 12.8 Å². The number of hydrogen-bond donors (Lipinski definition) is 3. The average molecular weight is 340 g/mol. The summed E-state index contributed by atoms with van der Waals surface area (Å²) < 4.78 is 7.20. The number of nitrogens with zero attached hydrogens (tertiary/aromatic N) is 3. The predicted molar refractivity (Wildman–Crippen MR) is 101 cm³/mol. The number of fused-ring (bicyclic) bond motifs is 1. The molecule has 0 aliphatic heterocycles. The smallest absolute Gasteiger partial charge is 0.224 e. The first kappa shape index (κ1) is 17.2. The number of aryl methyl sites for hydroxylation is 2. The summed E-state index contributed by atoms with van der Waals surface area (Å²) in [7, 11) is 3.70. The Morgan fingerprint density at radius 1 is 1.32 bits per heavy atom. The number of rotatable bonds is 7. The molecule has 2 heterocycles. The van der Waals surface area contributed by atoms with Crippen LogP contribution in [-0.2, 0) is 11.8 Å². The van der Waals surface area contributed by atoms with Crippen molar-refractivity contribution in [3.05, 3.63) is 42.2 Å². The second-order valence-electron chi connectivity index (χ2n) is 6.07. The molecule has 2 aromatic heterocycles. The lowest BCUT2D eigenvalue weighted by Crippen LogP contribution is -2.33. The Hall–Kier alpha value is -2.64. The quantitative estimate of drug-likeness (QED) is 0.612.